The number of carbonyl (C=O) groups is 1. The summed E-state index contributed by atoms with van der Waals surface area (Å²) in [6.07, 6.45) is 3.35. The average molecular weight is 446 g/mol. The fourth-order valence-corrected chi connectivity index (χ4v) is 5.24. The second kappa shape index (κ2) is 8.41. The second-order valence-corrected chi connectivity index (χ2v) is 9.55. The number of hydrogen-bond donors (Lipinski definition) is 2. The summed E-state index contributed by atoms with van der Waals surface area (Å²) in [5.41, 5.74) is 3.01. The molecule has 2 aromatic carbocycles. The third-order valence-corrected chi connectivity index (χ3v) is 7.19. The highest BCUT2D eigenvalue weighted by atomic mass is 32.2. The minimum Gasteiger partial charge on any atom is -0.481 e. The van der Waals surface area contributed by atoms with Crippen molar-refractivity contribution in [1.29, 1.82) is 0 Å². The Labute approximate surface area is 180 Å². The van der Waals surface area contributed by atoms with E-state index in [0.717, 1.165) is 49.6 Å². The Morgan fingerprint density at radius 3 is 2.45 bits per heavy atom. The highest BCUT2D eigenvalue weighted by Crippen LogP contribution is 2.37. The molecular weight excluding hydrogens is 421 g/mol. The number of likely N-dealkylation sites (N-methyl/N-ethyl adjacent to an activating group) is 1. The lowest BCUT2D eigenvalue weighted by Gasteiger charge is -2.35. The summed E-state index contributed by atoms with van der Waals surface area (Å²) in [5, 5.41) is 9.49. The molecule has 2 aromatic rings. The van der Waals surface area contributed by atoms with E-state index in [1.807, 2.05) is 12.1 Å². The van der Waals surface area contributed by atoms with Crippen molar-refractivity contribution in [2.45, 2.75) is 17.4 Å². The lowest BCUT2D eigenvalue weighted by atomic mass is 9.96. The van der Waals surface area contributed by atoms with Crippen LogP contribution in [0, 0.1) is 5.82 Å². The molecule has 1 aliphatic heterocycles. The van der Waals surface area contributed by atoms with Crippen molar-refractivity contribution in [2.75, 3.05) is 38.1 Å². The van der Waals surface area contributed by atoms with Gasteiger partial charge < -0.3 is 14.9 Å². The molecule has 31 heavy (non-hydrogen) atoms. The second-order valence-electron chi connectivity index (χ2n) is 7.84. The molecule has 0 saturated carbocycles. The van der Waals surface area contributed by atoms with Crippen molar-refractivity contribution < 1.29 is 22.7 Å². The molecule has 1 atom stereocenters. The van der Waals surface area contributed by atoms with E-state index in [1.54, 1.807) is 12.2 Å². The van der Waals surface area contributed by atoms with Crippen molar-refractivity contribution in [3.8, 4) is 0 Å². The van der Waals surface area contributed by atoms with E-state index >= 15 is 0 Å². The van der Waals surface area contributed by atoms with E-state index < -0.39 is 27.9 Å². The number of rotatable bonds is 6. The summed E-state index contributed by atoms with van der Waals surface area (Å²) < 4.78 is 41.3. The van der Waals surface area contributed by atoms with Gasteiger partial charge in [0.15, 0.2) is 0 Å². The molecule has 0 aromatic heterocycles. The first kappa shape index (κ1) is 21.5. The zero-order valence-electron chi connectivity index (χ0n) is 17.1. The number of anilines is 1. The molecule has 2 aliphatic rings. The minimum absolute atomic E-state index is 0.0319. The Bertz CT molecular complexity index is 1120. The van der Waals surface area contributed by atoms with Crippen LogP contribution in [-0.2, 0) is 21.2 Å². The monoisotopic (exact) mass is 445 g/mol. The Balaban J connectivity index is 1.65. The van der Waals surface area contributed by atoms with Crippen LogP contribution in [0.1, 0.15) is 22.7 Å². The van der Waals surface area contributed by atoms with E-state index in [9.17, 15) is 22.7 Å². The molecular formula is C22H24FN3O4S. The third kappa shape index (κ3) is 4.48. The number of carboxylic acids is 1. The number of hydrogen-bond acceptors (Lipinski definition) is 5. The molecule has 0 spiro atoms. The Hall–Kier alpha value is -2.75. The number of halogens is 1. The van der Waals surface area contributed by atoms with Gasteiger partial charge in [-0.05, 0) is 54.1 Å². The lowest BCUT2D eigenvalue weighted by Crippen LogP contribution is -2.45. The molecule has 4 rings (SSSR count). The first-order valence-corrected chi connectivity index (χ1v) is 11.5. The van der Waals surface area contributed by atoms with E-state index in [2.05, 4.69) is 21.6 Å². The number of sulfonamides is 1. The van der Waals surface area contributed by atoms with Gasteiger partial charge in [0.05, 0.1) is 17.4 Å². The predicted octanol–water partition coefficient (Wildman–Crippen LogP) is 2.25. The van der Waals surface area contributed by atoms with Gasteiger partial charge in [0, 0.05) is 31.9 Å². The molecule has 1 aliphatic carbocycles. The van der Waals surface area contributed by atoms with Gasteiger partial charge in [-0.3, -0.25) is 4.79 Å². The Morgan fingerprint density at radius 1 is 1.13 bits per heavy atom. The first-order valence-electron chi connectivity index (χ1n) is 10.0. The van der Waals surface area contributed by atoms with Crippen LogP contribution in [0.5, 0.6) is 0 Å². The maximum atomic E-state index is 13.2. The van der Waals surface area contributed by atoms with Crippen LogP contribution in [-0.4, -0.2) is 57.6 Å². The van der Waals surface area contributed by atoms with Crippen LogP contribution in [0.3, 0.4) is 0 Å². The SMILES string of the molecule is CN1CCN(c2ccc3c(c2CC(=O)O)C=CC3NS(=O)(=O)c2ccc(F)cc2)CC1. The van der Waals surface area contributed by atoms with Gasteiger partial charge in [-0.2, -0.15) is 4.72 Å². The summed E-state index contributed by atoms with van der Waals surface area (Å²) in [5.74, 6) is -1.45. The van der Waals surface area contributed by atoms with Gasteiger partial charge in [-0.25, -0.2) is 12.8 Å². The summed E-state index contributed by atoms with van der Waals surface area (Å²) in [7, 11) is -1.82. The number of piperazine rings is 1. The molecule has 1 heterocycles. The highest BCUT2D eigenvalue weighted by Gasteiger charge is 2.28. The number of nitrogens with one attached hydrogen (secondary N) is 1. The highest BCUT2D eigenvalue weighted by molar-refractivity contribution is 7.89. The van der Waals surface area contributed by atoms with Crippen LogP contribution >= 0.6 is 0 Å². The molecule has 0 bridgehead atoms. The van der Waals surface area contributed by atoms with Crippen molar-refractivity contribution >= 4 is 27.8 Å². The Kier molecular flexibility index (Phi) is 5.83. The van der Waals surface area contributed by atoms with E-state index in [1.165, 1.54) is 12.1 Å². The predicted molar refractivity (Wildman–Crippen MR) is 116 cm³/mol. The van der Waals surface area contributed by atoms with Crippen LogP contribution in [0.15, 0.2) is 47.4 Å². The molecule has 0 radical (unpaired) electrons. The molecule has 2 N–H and O–H groups in total. The Morgan fingerprint density at radius 2 is 1.81 bits per heavy atom. The molecule has 1 saturated heterocycles. The number of benzene rings is 2. The number of nitrogens with zero attached hydrogens (tertiary/aromatic N) is 2. The summed E-state index contributed by atoms with van der Waals surface area (Å²) in [6.45, 7) is 3.37. The van der Waals surface area contributed by atoms with Crippen LogP contribution in [0.25, 0.3) is 6.08 Å². The average Bonchev–Trinajstić information content (AvgIpc) is 3.12. The van der Waals surface area contributed by atoms with Gasteiger partial charge >= 0.3 is 5.97 Å². The van der Waals surface area contributed by atoms with Crippen molar-refractivity contribution in [1.82, 2.24) is 9.62 Å². The summed E-state index contributed by atoms with van der Waals surface area (Å²) in [4.78, 5) is 16.0. The number of aliphatic carboxylic acids is 1. The molecule has 1 unspecified atom stereocenters. The quantitative estimate of drug-likeness (QED) is 0.709. The maximum Gasteiger partial charge on any atom is 0.307 e. The van der Waals surface area contributed by atoms with Gasteiger partial charge in [0.1, 0.15) is 5.82 Å². The summed E-state index contributed by atoms with van der Waals surface area (Å²) in [6, 6.07) is 7.73. The van der Waals surface area contributed by atoms with Gasteiger partial charge in [0.25, 0.3) is 0 Å². The molecule has 1 fully saturated rings. The van der Waals surface area contributed by atoms with E-state index in [-0.39, 0.29) is 11.3 Å². The molecule has 7 nitrogen and oxygen atoms in total. The van der Waals surface area contributed by atoms with Crippen molar-refractivity contribution in [2.24, 2.45) is 0 Å². The third-order valence-electron chi connectivity index (χ3n) is 5.73. The topological polar surface area (TPSA) is 89.9 Å². The first-order chi connectivity index (χ1) is 14.7. The van der Waals surface area contributed by atoms with Gasteiger partial charge in [-0.15, -0.1) is 0 Å². The fraction of sp³-hybridized carbons (Fsp3) is 0.318. The smallest absolute Gasteiger partial charge is 0.307 e. The minimum atomic E-state index is -3.88. The number of carboxylic acid groups (broad SMARTS) is 1. The molecule has 164 valence electrons. The molecule has 0 amide bonds. The summed E-state index contributed by atoms with van der Waals surface area (Å²) >= 11 is 0. The van der Waals surface area contributed by atoms with Crippen LogP contribution in [0.2, 0.25) is 0 Å². The van der Waals surface area contributed by atoms with Crippen molar-refractivity contribution in [3.05, 3.63) is 65.0 Å². The number of fused-ring (bicyclic) bond motifs is 1. The zero-order chi connectivity index (χ0) is 22.2. The lowest BCUT2D eigenvalue weighted by molar-refractivity contribution is -0.136. The van der Waals surface area contributed by atoms with E-state index in [0.29, 0.717) is 11.1 Å². The largest absolute Gasteiger partial charge is 0.481 e. The maximum absolute atomic E-state index is 13.2. The van der Waals surface area contributed by atoms with Gasteiger partial charge in [-0.1, -0.05) is 18.2 Å². The van der Waals surface area contributed by atoms with E-state index in [4.69, 9.17) is 0 Å². The van der Waals surface area contributed by atoms with Gasteiger partial charge in [0.2, 0.25) is 10.0 Å². The molecule has 9 heteroatoms. The standard InChI is InChI=1S/C22H24FN3O4S/c1-25-10-12-26(13-11-25)21-9-7-18-17(19(21)14-22(27)28)6-8-20(18)24-31(29,30)16-4-2-15(23)3-5-16/h2-9,20,24H,10-14H2,1H3,(H,27,28). The van der Waals surface area contributed by atoms with Crippen molar-refractivity contribution in [3.63, 3.8) is 0 Å². The zero-order valence-corrected chi connectivity index (χ0v) is 17.9. The normalized spacial score (nSPS) is 18.9. The fourth-order valence-electron chi connectivity index (χ4n) is 4.07. The van der Waals surface area contributed by atoms with Crippen LogP contribution in [0.4, 0.5) is 10.1 Å². The van der Waals surface area contributed by atoms with Crippen LogP contribution < -0.4 is 9.62 Å².